The van der Waals surface area contributed by atoms with E-state index in [0.29, 0.717) is 22.7 Å². The largest absolute Gasteiger partial charge is 0.436 e. The summed E-state index contributed by atoms with van der Waals surface area (Å²) in [4.78, 5) is 17.1. The van der Waals surface area contributed by atoms with Gasteiger partial charge in [-0.05, 0) is 81.4 Å². The van der Waals surface area contributed by atoms with E-state index in [9.17, 15) is 13.2 Å². The van der Waals surface area contributed by atoms with Crippen molar-refractivity contribution in [3.8, 4) is 11.5 Å². The number of carbonyl (C=O) groups excluding carboxylic acids is 1. The van der Waals surface area contributed by atoms with Crippen molar-refractivity contribution in [1.29, 1.82) is 0 Å². The Morgan fingerprint density at radius 2 is 1.56 bits per heavy atom. The summed E-state index contributed by atoms with van der Waals surface area (Å²) in [5.41, 5.74) is 2.63. The molecule has 4 aromatic rings. The first kappa shape index (κ1) is 21.7. The lowest BCUT2D eigenvalue weighted by atomic mass is 10.1. The molecule has 0 saturated carbocycles. The Kier molecular flexibility index (Phi) is 5.58. The molecule has 1 amide bonds. The van der Waals surface area contributed by atoms with Crippen molar-refractivity contribution >= 4 is 32.7 Å². The molecule has 1 aromatic heterocycles. The Morgan fingerprint density at radius 1 is 0.906 bits per heavy atom. The van der Waals surface area contributed by atoms with Gasteiger partial charge in [0.2, 0.25) is 15.9 Å². The summed E-state index contributed by atoms with van der Waals surface area (Å²) in [5, 5.41) is 2.80. The van der Waals surface area contributed by atoms with Crippen molar-refractivity contribution in [2.75, 3.05) is 5.32 Å². The van der Waals surface area contributed by atoms with Gasteiger partial charge in [0, 0.05) is 22.4 Å². The highest BCUT2D eigenvalue weighted by atomic mass is 32.2. The average Bonchev–Trinajstić information content (AvgIpc) is 3.17. The van der Waals surface area contributed by atoms with Crippen LogP contribution in [0.4, 0.5) is 5.69 Å². The lowest BCUT2D eigenvalue weighted by molar-refractivity contribution is 0.102. The molecule has 0 aliphatic heterocycles. The molecule has 8 heteroatoms. The second-order valence-electron chi connectivity index (χ2n) is 8.40. The highest BCUT2D eigenvalue weighted by Crippen LogP contribution is 2.25. The van der Waals surface area contributed by atoms with Crippen LogP contribution in [-0.2, 0) is 10.0 Å². The number of aromatic nitrogens is 1. The summed E-state index contributed by atoms with van der Waals surface area (Å²) in [5.74, 6) is 0.164. The molecule has 32 heavy (non-hydrogen) atoms. The first-order valence-corrected chi connectivity index (χ1v) is 11.5. The summed E-state index contributed by atoms with van der Waals surface area (Å²) in [7, 11) is -3.66. The summed E-state index contributed by atoms with van der Waals surface area (Å²) >= 11 is 0. The molecule has 0 saturated heterocycles. The Morgan fingerprint density at radius 3 is 2.19 bits per heavy atom. The lowest BCUT2D eigenvalue weighted by Gasteiger charge is -2.20. The second-order valence-corrected chi connectivity index (χ2v) is 10.1. The highest BCUT2D eigenvalue weighted by Gasteiger charge is 2.22. The molecule has 164 valence electrons. The van der Waals surface area contributed by atoms with Gasteiger partial charge >= 0.3 is 0 Å². The maximum atomic E-state index is 12.6. The van der Waals surface area contributed by atoms with Crippen LogP contribution >= 0.6 is 0 Å². The average molecular weight is 450 g/mol. The maximum Gasteiger partial charge on any atom is 0.255 e. The number of para-hydroxylation sites is 2. The van der Waals surface area contributed by atoms with Crippen LogP contribution in [0.15, 0.2) is 82.1 Å². The standard InChI is InChI=1S/C24H23N3O4S/c1-24(2,3)27-32(29,30)19-14-10-16(11-15-19)22(28)25-18-12-8-17(9-13-18)23-26-20-6-4-5-7-21(20)31-23/h4-15,27H,1-3H3,(H,25,28). The van der Waals surface area contributed by atoms with Gasteiger partial charge in [0.25, 0.3) is 5.91 Å². The first-order chi connectivity index (χ1) is 15.1. The number of hydrogen-bond acceptors (Lipinski definition) is 5. The van der Waals surface area contributed by atoms with E-state index >= 15 is 0 Å². The Hall–Kier alpha value is -3.49. The minimum Gasteiger partial charge on any atom is -0.436 e. The lowest BCUT2D eigenvalue weighted by Crippen LogP contribution is -2.40. The molecule has 3 aromatic carbocycles. The number of amides is 1. The summed E-state index contributed by atoms with van der Waals surface area (Å²) in [6.07, 6.45) is 0. The van der Waals surface area contributed by atoms with Crippen molar-refractivity contribution < 1.29 is 17.6 Å². The molecular weight excluding hydrogens is 426 g/mol. The van der Waals surface area contributed by atoms with E-state index in [4.69, 9.17) is 4.42 Å². The number of carbonyl (C=O) groups is 1. The van der Waals surface area contributed by atoms with Crippen LogP contribution in [0.5, 0.6) is 0 Å². The third-order valence-corrected chi connectivity index (χ3v) is 6.32. The number of fused-ring (bicyclic) bond motifs is 1. The maximum absolute atomic E-state index is 12.6. The van der Waals surface area contributed by atoms with Gasteiger partial charge in [0.05, 0.1) is 4.90 Å². The van der Waals surface area contributed by atoms with Crippen LogP contribution in [0.1, 0.15) is 31.1 Å². The predicted octanol–water partition coefficient (Wildman–Crippen LogP) is 4.82. The quantitative estimate of drug-likeness (QED) is 0.455. The molecule has 0 fully saturated rings. The molecule has 0 atom stereocenters. The molecule has 2 N–H and O–H groups in total. The molecule has 0 aliphatic carbocycles. The smallest absolute Gasteiger partial charge is 0.255 e. The van der Waals surface area contributed by atoms with Gasteiger partial charge in [0.15, 0.2) is 5.58 Å². The van der Waals surface area contributed by atoms with E-state index in [2.05, 4.69) is 15.0 Å². The van der Waals surface area contributed by atoms with Gasteiger partial charge in [-0.1, -0.05) is 12.1 Å². The molecule has 0 bridgehead atoms. The monoisotopic (exact) mass is 449 g/mol. The number of rotatable bonds is 5. The summed E-state index contributed by atoms with van der Waals surface area (Å²) in [6, 6.07) is 20.5. The van der Waals surface area contributed by atoms with Crippen LogP contribution in [0.25, 0.3) is 22.6 Å². The van der Waals surface area contributed by atoms with Gasteiger partial charge in [-0.15, -0.1) is 0 Å². The minimum atomic E-state index is -3.66. The molecule has 4 rings (SSSR count). The Labute approximate surface area is 186 Å². The van der Waals surface area contributed by atoms with Gasteiger partial charge < -0.3 is 9.73 Å². The normalized spacial score (nSPS) is 12.1. The first-order valence-electron chi connectivity index (χ1n) is 10.0. The number of anilines is 1. The molecule has 0 spiro atoms. The van der Waals surface area contributed by atoms with Crippen molar-refractivity contribution in [2.24, 2.45) is 0 Å². The number of sulfonamides is 1. The summed E-state index contributed by atoms with van der Waals surface area (Å²) in [6.45, 7) is 5.30. The topological polar surface area (TPSA) is 101 Å². The van der Waals surface area contributed by atoms with E-state index < -0.39 is 15.6 Å². The van der Waals surface area contributed by atoms with Crippen molar-refractivity contribution in [1.82, 2.24) is 9.71 Å². The minimum absolute atomic E-state index is 0.103. The van der Waals surface area contributed by atoms with E-state index in [0.717, 1.165) is 11.1 Å². The highest BCUT2D eigenvalue weighted by molar-refractivity contribution is 7.89. The number of oxazole rings is 1. The number of nitrogens with one attached hydrogen (secondary N) is 2. The van der Waals surface area contributed by atoms with Crippen molar-refractivity contribution in [2.45, 2.75) is 31.2 Å². The van der Waals surface area contributed by atoms with Gasteiger partial charge in [0.1, 0.15) is 5.52 Å². The van der Waals surface area contributed by atoms with E-state index in [1.54, 1.807) is 32.9 Å². The SMILES string of the molecule is CC(C)(C)NS(=O)(=O)c1ccc(C(=O)Nc2ccc(-c3nc4ccccc4o3)cc2)cc1. The number of nitrogens with zero attached hydrogens (tertiary/aromatic N) is 1. The zero-order chi connectivity index (χ0) is 22.9. The fourth-order valence-electron chi connectivity index (χ4n) is 3.14. The third-order valence-electron chi connectivity index (χ3n) is 4.55. The van der Waals surface area contributed by atoms with Gasteiger partial charge in [-0.2, -0.15) is 0 Å². The van der Waals surface area contributed by atoms with E-state index in [1.807, 2.05) is 36.4 Å². The zero-order valence-corrected chi connectivity index (χ0v) is 18.7. The Balaban J connectivity index is 1.46. The predicted molar refractivity (Wildman–Crippen MR) is 124 cm³/mol. The van der Waals surface area contributed by atoms with Crippen LogP contribution in [0.3, 0.4) is 0 Å². The molecule has 1 heterocycles. The zero-order valence-electron chi connectivity index (χ0n) is 17.9. The van der Waals surface area contributed by atoms with Gasteiger partial charge in [-0.3, -0.25) is 4.79 Å². The van der Waals surface area contributed by atoms with E-state index in [-0.39, 0.29) is 10.8 Å². The number of benzene rings is 3. The van der Waals surface area contributed by atoms with Crippen LogP contribution in [0, 0.1) is 0 Å². The Bertz CT molecular complexity index is 1330. The molecule has 0 radical (unpaired) electrons. The van der Waals surface area contributed by atoms with Crippen LogP contribution in [0.2, 0.25) is 0 Å². The van der Waals surface area contributed by atoms with Gasteiger partial charge in [-0.25, -0.2) is 18.1 Å². The molecule has 7 nitrogen and oxygen atoms in total. The van der Waals surface area contributed by atoms with Crippen molar-refractivity contribution in [3.63, 3.8) is 0 Å². The molecule has 0 aliphatic rings. The van der Waals surface area contributed by atoms with Crippen LogP contribution < -0.4 is 10.0 Å². The summed E-state index contributed by atoms with van der Waals surface area (Å²) < 4.78 is 33.1. The third kappa shape index (κ3) is 4.87. The fraction of sp³-hybridized carbons (Fsp3) is 0.167. The number of hydrogen-bond donors (Lipinski definition) is 2. The fourth-order valence-corrected chi connectivity index (χ4v) is 4.56. The molecule has 0 unspecified atom stereocenters. The van der Waals surface area contributed by atoms with Crippen LogP contribution in [-0.4, -0.2) is 24.8 Å². The van der Waals surface area contributed by atoms with Crippen molar-refractivity contribution in [3.05, 3.63) is 78.4 Å². The van der Waals surface area contributed by atoms with E-state index in [1.165, 1.54) is 24.3 Å². The molecular formula is C24H23N3O4S. The second kappa shape index (κ2) is 8.22.